The van der Waals surface area contributed by atoms with Gasteiger partial charge in [-0.3, -0.25) is 4.90 Å². The van der Waals surface area contributed by atoms with Gasteiger partial charge in [0.2, 0.25) is 0 Å². The average molecular weight is 313 g/mol. The molecule has 0 aliphatic carbocycles. The van der Waals surface area contributed by atoms with E-state index in [1.54, 1.807) is 6.20 Å². The number of likely N-dealkylation sites (N-methyl/N-ethyl adjacent to an activating group) is 1. The molecule has 23 heavy (non-hydrogen) atoms. The van der Waals surface area contributed by atoms with Crippen LogP contribution in [0, 0.1) is 0 Å². The van der Waals surface area contributed by atoms with E-state index in [0.717, 1.165) is 30.7 Å². The highest BCUT2D eigenvalue weighted by Gasteiger charge is 2.35. The Morgan fingerprint density at radius 1 is 1.30 bits per heavy atom. The van der Waals surface area contributed by atoms with E-state index < -0.39 is 0 Å². The number of aromatic nitrogens is 2. The number of urea groups is 1. The monoisotopic (exact) mass is 313 g/mol. The summed E-state index contributed by atoms with van der Waals surface area (Å²) in [6.07, 6.45) is 9.24. The van der Waals surface area contributed by atoms with Gasteiger partial charge in [-0.05, 0) is 44.0 Å². The second-order valence-corrected chi connectivity index (χ2v) is 6.67. The smallest absolute Gasteiger partial charge is 0.317 e. The topological polar surface area (TPSA) is 52.9 Å². The second kappa shape index (κ2) is 5.85. The highest BCUT2D eigenvalue weighted by molar-refractivity contribution is 5.74. The van der Waals surface area contributed by atoms with E-state index in [2.05, 4.69) is 22.2 Å². The van der Waals surface area contributed by atoms with Crippen LogP contribution in [0.5, 0.6) is 0 Å². The van der Waals surface area contributed by atoms with Gasteiger partial charge in [0.15, 0.2) is 0 Å². The lowest BCUT2D eigenvalue weighted by molar-refractivity contribution is 0.188. The van der Waals surface area contributed by atoms with Crippen LogP contribution in [-0.4, -0.2) is 57.4 Å². The van der Waals surface area contributed by atoms with Crippen molar-refractivity contribution in [3.05, 3.63) is 36.3 Å². The van der Waals surface area contributed by atoms with Crippen molar-refractivity contribution in [2.45, 2.75) is 37.9 Å². The number of carbonyl (C=O) groups excluding carboxylic acids is 1. The molecule has 2 amide bonds. The number of imidazole rings is 1. The van der Waals surface area contributed by atoms with Crippen molar-refractivity contribution in [1.82, 2.24) is 24.5 Å². The number of amides is 2. The van der Waals surface area contributed by atoms with Crippen molar-refractivity contribution >= 4 is 11.7 Å². The lowest BCUT2D eigenvalue weighted by Crippen LogP contribution is -2.44. The van der Waals surface area contributed by atoms with Crippen molar-refractivity contribution in [2.24, 2.45) is 0 Å². The zero-order valence-corrected chi connectivity index (χ0v) is 13.5. The number of nitrogens with one attached hydrogen (secondary N) is 1. The summed E-state index contributed by atoms with van der Waals surface area (Å²) in [6, 6.07) is 5.26. The van der Waals surface area contributed by atoms with E-state index in [9.17, 15) is 4.79 Å². The van der Waals surface area contributed by atoms with E-state index in [-0.39, 0.29) is 6.03 Å². The molecule has 2 aromatic rings. The Morgan fingerprint density at radius 2 is 2.17 bits per heavy atom. The van der Waals surface area contributed by atoms with Gasteiger partial charge in [-0.15, -0.1) is 0 Å². The molecule has 0 saturated carbocycles. The fourth-order valence-electron chi connectivity index (χ4n) is 3.85. The Balaban J connectivity index is 1.38. The molecule has 2 fully saturated rings. The van der Waals surface area contributed by atoms with E-state index in [4.69, 9.17) is 0 Å². The van der Waals surface area contributed by atoms with Gasteiger partial charge in [-0.25, -0.2) is 9.78 Å². The first kappa shape index (κ1) is 14.5. The van der Waals surface area contributed by atoms with Crippen LogP contribution in [0.1, 0.15) is 24.8 Å². The summed E-state index contributed by atoms with van der Waals surface area (Å²) >= 11 is 0. The zero-order chi connectivity index (χ0) is 15.8. The molecule has 4 heterocycles. The first-order valence-corrected chi connectivity index (χ1v) is 8.37. The Hall–Kier alpha value is -2.08. The van der Waals surface area contributed by atoms with Crippen LogP contribution in [0.2, 0.25) is 0 Å². The SMILES string of the molecule is CN1C2CCC1CN(C(=O)NCc1ccn3ccnc3c1)CC2. The fraction of sp³-hybridized carbons (Fsp3) is 0.529. The van der Waals surface area contributed by atoms with Crippen LogP contribution in [0.25, 0.3) is 5.65 Å². The molecule has 0 spiro atoms. The molecular weight excluding hydrogens is 290 g/mol. The summed E-state index contributed by atoms with van der Waals surface area (Å²) in [7, 11) is 2.20. The second-order valence-electron chi connectivity index (χ2n) is 6.67. The number of pyridine rings is 1. The lowest BCUT2D eigenvalue weighted by Gasteiger charge is -2.26. The standard InChI is InChI=1S/C17H23N5O/c1-20-14-2-3-15(20)12-22(8-5-14)17(23)19-11-13-4-7-21-9-6-18-16(21)10-13/h4,6-7,9-10,14-15H,2-3,5,8,11-12H2,1H3,(H,19,23). The van der Waals surface area contributed by atoms with Crippen LogP contribution in [0.15, 0.2) is 30.7 Å². The van der Waals surface area contributed by atoms with Gasteiger partial charge in [-0.1, -0.05) is 0 Å². The Bertz CT molecular complexity index is 712. The van der Waals surface area contributed by atoms with Crippen LogP contribution in [-0.2, 0) is 6.54 Å². The summed E-state index contributed by atoms with van der Waals surface area (Å²) in [6.45, 7) is 2.25. The molecule has 0 radical (unpaired) electrons. The number of rotatable bonds is 2. The van der Waals surface area contributed by atoms with Gasteiger partial charge >= 0.3 is 6.03 Å². The third-order valence-electron chi connectivity index (χ3n) is 5.34. The third kappa shape index (κ3) is 2.79. The third-order valence-corrected chi connectivity index (χ3v) is 5.34. The van der Waals surface area contributed by atoms with Crippen molar-refractivity contribution in [3.63, 3.8) is 0 Å². The Labute approximate surface area is 136 Å². The van der Waals surface area contributed by atoms with Crippen molar-refractivity contribution in [2.75, 3.05) is 20.1 Å². The lowest BCUT2D eigenvalue weighted by atomic mass is 10.1. The maximum atomic E-state index is 12.5. The molecule has 6 heteroatoms. The summed E-state index contributed by atoms with van der Waals surface area (Å²) in [5, 5.41) is 3.06. The predicted octanol–water partition coefficient (Wildman–Crippen LogP) is 1.71. The Morgan fingerprint density at radius 3 is 3.09 bits per heavy atom. The maximum Gasteiger partial charge on any atom is 0.317 e. The number of hydrogen-bond donors (Lipinski definition) is 1. The number of fused-ring (bicyclic) bond motifs is 3. The van der Waals surface area contributed by atoms with Crippen LogP contribution < -0.4 is 5.32 Å². The average Bonchev–Trinajstić information content (AvgIpc) is 3.09. The number of likely N-dealkylation sites (tertiary alicyclic amines) is 1. The minimum Gasteiger partial charge on any atom is -0.334 e. The minimum atomic E-state index is 0.0502. The van der Waals surface area contributed by atoms with Gasteiger partial charge in [0.25, 0.3) is 0 Å². The zero-order valence-electron chi connectivity index (χ0n) is 13.5. The van der Waals surface area contributed by atoms with Crippen molar-refractivity contribution < 1.29 is 4.79 Å². The van der Waals surface area contributed by atoms with Crippen molar-refractivity contribution in [3.8, 4) is 0 Å². The van der Waals surface area contributed by atoms with Gasteiger partial charge in [-0.2, -0.15) is 0 Å². The van der Waals surface area contributed by atoms with Crippen LogP contribution in [0.4, 0.5) is 4.79 Å². The molecule has 2 atom stereocenters. The molecule has 122 valence electrons. The molecule has 2 aromatic heterocycles. The molecule has 2 saturated heterocycles. The van der Waals surface area contributed by atoms with Crippen molar-refractivity contribution in [1.29, 1.82) is 0 Å². The van der Waals surface area contributed by atoms with Gasteiger partial charge in [0, 0.05) is 50.3 Å². The normalized spacial score (nSPS) is 24.8. The van der Waals surface area contributed by atoms with E-state index >= 15 is 0 Å². The van der Waals surface area contributed by atoms with Gasteiger partial charge in [0.05, 0.1) is 0 Å². The van der Waals surface area contributed by atoms with E-state index in [1.165, 1.54) is 12.8 Å². The highest BCUT2D eigenvalue weighted by Crippen LogP contribution is 2.28. The molecule has 0 aromatic carbocycles. The summed E-state index contributed by atoms with van der Waals surface area (Å²) < 4.78 is 1.96. The summed E-state index contributed by atoms with van der Waals surface area (Å²) in [4.78, 5) is 21.2. The minimum absolute atomic E-state index is 0.0502. The molecule has 2 unspecified atom stereocenters. The first-order valence-electron chi connectivity index (χ1n) is 8.37. The summed E-state index contributed by atoms with van der Waals surface area (Å²) in [5.74, 6) is 0. The van der Waals surface area contributed by atoms with E-state index in [1.807, 2.05) is 33.8 Å². The Kier molecular flexibility index (Phi) is 3.69. The summed E-state index contributed by atoms with van der Waals surface area (Å²) in [5.41, 5.74) is 1.98. The quantitative estimate of drug-likeness (QED) is 0.918. The number of hydrogen-bond acceptors (Lipinski definition) is 3. The van der Waals surface area contributed by atoms with Gasteiger partial charge in [0.1, 0.15) is 5.65 Å². The maximum absolute atomic E-state index is 12.5. The molecule has 2 aliphatic rings. The first-order chi connectivity index (χ1) is 11.2. The molecule has 6 nitrogen and oxygen atoms in total. The molecular formula is C17H23N5O. The molecule has 1 N–H and O–H groups in total. The van der Waals surface area contributed by atoms with Gasteiger partial charge < -0.3 is 14.6 Å². The molecule has 2 bridgehead atoms. The van der Waals surface area contributed by atoms with E-state index in [0.29, 0.717) is 18.6 Å². The van der Waals surface area contributed by atoms with Crippen LogP contribution in [0.3, 0.4) is 0 Å². The highest BCUT2D eigenvalue weighted by atomic mass is 16.2. The molecule has 2 aliphatic heterocycles. The number of carbonyl (C=O) groups is 1. The predicted molar refractivity (Wildman–Crippen MR) is 88.2 cm³/mol. The molecule has 4 rings (SSSR count). The largest absolute Gasteiger partial charge is 0.334 e. The van der Waals surface area contributed by atoms with Crippen LogP contribution >= 0.6 is 0 Å². The fourth-order valence-corrected chi connectivity index (χ4v) is 3.85. The number of nitrogens with zero attached hydrogens (tertiary/aromatic N) is 4.